The number of nitrogens with one attached hydrogen (secondary N) is 1. The molecule has 1 atom stereocenters. The van der Waals surface area contributed by atoms with Gasteiger partial charge in [0.1, 0.15) is 17.5 Å². The Hall–Kier alpha value is -3.02. The van der Waals surface area contributed by atoms with Gasteiger partial charge in [0.2, 0.25) is 5.91 Å². The molecule has 0 spiro atoms. The molecule has 2 aromatic rings. The second-order valence-corrected chi connectivity index (χ2v) is 9.17. The Balaban J connectivity index is 1.76. The number of ether oxygens (including phenoxy) is 2. The van der Waals surface area contributed by atoms with E-state index in [0.717, 1.165) is 42.6 Å². The first-order valence-corrected chi connectivity index (χ1v) is 12.3. The highest BCUT2D eigenvalue weighted by molar-refractivity contribution is 5.88. The highest BCUT2D eigenvalue weighted by atomic mass is 16.5. The number of amides is 2. The average Bonchev–Trinajstić information content (AvgIpc) is 2.85. The fourth-order valence-electron chi connectivity index (χ4n) is 4.42. The first-order valence-electron chi connectivity index (χ1n) is 12.3. The van der Waals surface area contributed by atoms with Gasteiger partial charge in [-0.05, 0) is 74.1 Å². The first kappa shape index (κ1) is 25.6. The summed E-state index contributed by atoms with van der Waals surface area (Å²) in [5.74, 6) is 1.12. The van der Waals surface area contributed by atoms with Gasteiger partial charge >= 0.3 is 0 Å². The first-order chi connectivity index (χ1) is 16.4. The zero-order valence-electron chi connectivity index (χ0n) is 20.9. The maximum absolute atomic E-state index is 13.4. The second kappa shape index (κ2) is 12.4. The molecule has 3 rings (SSSR count). The van der Waals surface area contributed by atoms with Gasteiger partial charge in [-0.2, -0.15) is 0 Å². The maximum Gasteiger partial charge on any atom is 0.261 e. The van der Waals surface area contributed by atoms with Crippen molar-refractivity contribution in [2.24, 2.45) is 0 Å². The van der Waals surface area contributed by atoms with Gasteiger partial charge in [0.25, 0.3) is 5.91 Å². The van der Waals surface area contributed by atoms with E-state index < -0.39 is 6.04 Å². The SMILES string of the molecule is CC[C@@H](C(=O)NC1CCCCC1)N(Cc1ccc(OC)cc1)C(=O)COc1ccc(C)c(C)c1. The van der Waals surface area contributed by atoms with Crippen molar-refractivity contribution in [1.29, 1.82) is 0 Å². The lowest BCUT2D eigenvalue weighted by molar-refractivity contribution is -0.143. The molecule has 0 aromatic heterocycles. The zero-order chi connectivity index (χ0) is 24.5. The molecule has 6 heteroatoms. The van der Waals surface area contributed by atoms with Crippen LogP contribution in [-0.4, -0.2) is 42.5 Å². The van der Waals surface area contributed by atoms with Gasteiger partial charge in [-0.15, -0.1) is 0 Å². The standard InChI is InChI=1S/C28H38N2O4/c1-5-26(28(32)29-23-9-7-6-8-10-23)30(18-22-12-15-24(33-4)16-13-22)27(31)19-34-25-14-11-20(2)21(3)17-25/h11-17,23,26H,5-10,18-19H2,1-4H3,(H,29,32)/t26-/m0/s1. The third-order valence-electron chi connectivity index (χ3n) is 6.69. The lowest BCUT2D eigenvalue weighted by atomic mass is 9.95. The Bertz CT molecular complexity index is 951. The third-order valence-corrected chi connectivity index (χ3v) is 6.69. The van der Waals surface area contributed by atoms with Crippen molar-refractivity contribution in [3.8, 4) is 11.5 Å². The molecule has 0 aliphatic heterocycles. The Morgan fingerprint density at radius 2 is 1.68 bits per heavy atom. The van der Waals surface area contributed by atoms with Crippen LogP contribution in [0.1, 0.15) is 62.1 Å². The highest BCUT2D eigenvalue weighted by Gasteiger charge is 2.30. The van der Waals surface area contributed by atoms with Crippen LogP contribution in [0.15, 0.2) is 42.5 Å². The fourth-order valence-corrected chi connectivity index (χ4v) is 4.42. The Labute approximate surface area is 203 Å². The van der Waals surface area contributed by atoms with Crippen molar-refractivity contribution in [2.45, 2.75) is 77.9 Å². The van der Waals surface area contributed by atoms with E-state index in [1.54, 1.807) is 12.0 Å². The number of carbonyl (C=O) groups excluding carboxylic acids is 2. The molecule has 1 saturated carbocycles. The number of methoxy groups -OCH3 is 1. The minimum atomic E-state index is -0.556. The van der Waals surface area contributed by atoms with Crippen LogP contribution in [0.2, 0.25) is 0 Å². The molecule has 0 bridgehead atoms. The van der Waals surface area contributed by atoms with E-state index in [4.69, 9.17) is 9.47 Å². The largest absolute Gasteiger partial charge is 0.497 e. The fraction of sp³-hybridized carbons (Fsp3) is 0.500. The topological polar surface area (TPSA) is 67.9 Å². The van der Waals surface area contributed by atoms with Gasteiger partial charge in [0.15, 0.2) is 6.61 Å². The molecule has 0 radical (unpaired) electrons. The maximum atomic E-state index is 13.4. The molecule has 0 heterocycles. The molecule has 1 aliphatic rings. The van der Waals surface area contributed by atoms with Crippen molar-refractivity contribution in [1.82, 2.24) is 10.2 Å². The third kappa shape index (κ3) is 6.99. The predicted octanol–water partition coefficient (Wildman–Crippen LogP) is 4.95. The normalized spacial score (nSPS) is 14.8. The summed E-state index contributed by atoms with van der Waals surface area (Å²) in [7, 11) is 1.62. The number of aryl methyl sites for hydroxylation is 2. The summed E-state index contributed by atoms with van der Waals surface area (Å²) in [5.41, 5.74) is 3.22. The molecule has 2 aromatic carbocycles. The second-order valence-electron chi connectivity index (χ2n) is 9.17. The van der Waals surface area contributed by atoms with Crippen LogP contribution < -0.4 is 14.8 Å². The molecule has 184 valence electrons. The van der Waals surface area contributed by atoms with Crippen LogP contribution in [0.3, 0.4) is 0 Å². The average molecular weight is 467 g/mol. The van der Waals surface area contributed by atoms with Crippen LogP contribution >= 0.6 is 0 Å². The van der Waals surface area contributed by atoms with E-state index in [1.807, 2.05) is 63.2 Å². The van der Waals surface area contributed by atoms with Crippen molar-refractivity contribution in [3.63, 3.8) is 0 Å². The van der Waals surface area contributed by atoms with E-state index in [-0.39, 0.29) is 24.5 Å². The summed E-state index contributed by atoms with van der Waals surface area (Å²) in [6, 6.07) is 13.0. The predicted molar refractivity (Wildman–Crippen MR) is 134 cm³/mol. The summed E-state index contributed by atoms with van der Waals surface area (Å²) in [4.78, 5) is 28.3. The molecule has 6 nitrogen and oxygen atoms in total. The lowest BCUT2D eigenvalue weighted by Gasteiger charge is -2.32. The van der Waals surface area contributed by atoms with Crippen LogP contribution in [0.4, 0.5) is 0 Å². The summed E-state index contributed by atoms with van der Waals surface area (Å²) in [6.45, 7) is 6.21. The van der Waals surface area contributed by atoms with Gasteiger partial charge in [-0.3, -0.25) is 9.59 Å². The molecular weight excluding hydrogens is 428 g/mol. The van der Waals surface area contributed by atoms with Gasteiger partial charge in [0.05, 0.1) is 7.11 Å². The summed E-state index contributed by atoms with van der Waals surface area (Å²) in [6.07, 6.45) is 6.04. The Kier molecular flexibility index (Phi) is 9.37. The zero-order valence-corrected chi connectivity index (χ0v) is 20.9. The Morgan fingerprint density at radius 1 is 1.00 bits per heavy atom. The number of hydrogen-bond donors (Lipinski definition) is 1. The quantitative estimate of drug-likeness (QED) is 0.538. The van der Waals surface area contributed by atoms with E-state index in [1.165, 1.54) is 12.0 Å². The summed E-state index contributed by atoms with van der Waals surface area (Å²) < 4.78 is 11.1. The van der Waals surface area contributed by atoms with Gasteiger partial charge in [-0.1, -0.05) is 44.4 Å². The monoisotopic (exact) mass is 466 g/mol. The van der Waals surface area contributed by atoms with Crippen molar-refractivity contribution >= 4 is 11.8 Å². The molecule has 1 aliphatic carbocycles. The molecular formula is C28H38N2O4. The van der Waals surface area contributed by atoms with Gasteiger partial charge in [0, 0.05) is 12.6 Å². The van der Waals surface area contributed by atoms with Crippen LogP contribution in [0.25, 0.3) is 0 Å². The van der Waals surface area contributed by atoms with Crippen molar-refractivity contribution < 1.29 is 19.1 Å². The molecule has 1 N–H and O–H groups in total. The Morgan fingerprint density at radius 3 is 2.29 bits per heavy atom. The van der Waals surface area contributed by atoms with E-state index in [9.17, 15) is 9.59 Å². The van der Waals surface area contributed by atoms with E-state index in [0.29, 0.717) is 18.7 Å². The molecule has 34 heavy (non-hydrogen) atoms. The molecule has 0 saturated heterocycles. The minimum absolute atomic E-state index is 0.0811. The van der Waals surface area contributed by atoms with E-state index in [2.05, 4.69) is 5.32 Å². The molecule has 0 unspecified atom stereocenters. The number of rotatable bonds is 10. The lowest BCUT2D eigenvalue weighted by Crippen LogP contribution is -2.52. The van der Waals surface area contributed by atoms with Crippen LogP contribution in [-0.2, 0) is 16.1 Å². The smallest absolute Gasteiger partial charge is 0.261 e. The highest BCUT2D eigenvalue weighted by Crippen LogP contribution is 2.21. The van der Waals surface area contributed by atoms with Gasteiger partial charge in [-0.25, -0.2) is 0 Å². The number of benzene rings is 2. The number of nitrogens with zero attached hydrogens (tertiary/aromatic N) is 1. The number of carbonyl (C=O) groups is 2. The van der Waals surface area contributed by atoms with E-state index >= 15 is 0 Å². The minimum Gasteiger partial charge on any atom is -0.497 e. The van der Waals surface area contributed by atoms with Crippen molar-refractivity contribution in [2.75, 3.05) is 13.7 Å². The van der Waals surface area contributed by atoms with Gasteiger partial charge < -0.3 is 19.7 Å². The summed E-state index contributed by atoms with van der Waals surface area (Å²) >= 11 is 0. The van der Waals surface area contributed by atoms with Crippen LogP contribution in [0, 0.1) is 13.8 Å². The summed E-state index contributed by atoms with van der Waals surface area (Å²) in [5, 5.41) is 3.20. The molecule has 1 fully saturated rings. The van der Waals surface area contributed by atoms with Crippen molar-refractivity contribution in [3.05, 3.63) is 59.2 Å². The molecule has 2 amide bonds. The van der Waals surface area contributed by atoms with Crippen LogP contribution in [0.5, 0.6) is 11.5 Å². The number of hydrogen-bond acceptors (Lipinski definition) is 4.